The highest BCUT2D eigenvalue weighted by Crippen LogP contribution is 2.36. The molecule has 1 aliphatic rings. The number of ether oxygens (including phenoxy) is 1. The molecule has 1 aliphatic heterocycles. The van der Waals surface area contributed by atoms with Gasteiger partial charge in [-0.3, -0.25) is 4.79 Å². The maximum absolute atomic E-state index is 13.6. The van der Waals surface area contributed by atoms with Crippen LogP contribution in [-0.4, -0.2) is 48.7 Å². The minimum absolute atomic E-state index is 0.0539. The number of benzene rings is 1. The van der Waals surface area contributed by atoms with Gasteiger partial charge >= 0.3 is 6.18 Å². The molecule has 6 nitrogen and oxygen atoms in total. The van der Waals surface area contributed by atoms with Crippen LogP contribution in [-0.2, 0) is 15.7 Å². The first-order chi connectivity index (χ1) is 13.9. The van der Waals surface area contributed by atoms with E-state index in [4.69, 9.17) is 4.74 Å². The average Bonchev–Trinajstić information content (AvgIpc) is 2.72. The van der Waals surface area contributed by atoms with E-state index in [1.165, 1.54) is 6.07 Å². The van der Waals surface area contributed by atoms with E-state index in [0.717, 1.165) is 6.42 Å². The third-order valence-corrected chi connectivity index (χ3v) is 4.95. The van der Waals surface area contributed by atoms with Crippen molar-refractivity contribution in [3.63, 3.8) is 0 Å². The molecular weight excluding hydrogens is 385 g/mol. The second-order valence-electron chi connectivity index (χ2n) is 6.99. The third kappa shape index (κ3) is 5.35. The molecule has 1 aromatic heterocycles. The molecule has 0 radical (unpaired) electrons. The van der Waals surface area contributed by atoms with Crippen molar-refractivity contribution in [2.24, 2.45) is 5.92 Å². The fraction of sp³-hybridized carbons (Fsp3) is 0.550. The van der Waals surface area contributed by atoms with Gasteiger partial charge in [0.15, 0.2) is 11.5 Å². The molecular formula is C20H25F3N4O2. The number of carbonyl (C=O) groups is 1. The van der Waals surface area contributed by atoms with Gasteiger partial charge in [0.1, 0.15) is 0 Å². The van der Waals surface area contributed by atoms with Crippen LogP contribution in [0.4, 0.5) is 19.0 Å². The van der Waals surface area contributed by atoms with Gasteiger partial charge < -0.3 is 15.0 Å². The quantitative estimate of drug-likeness (QED) is 0.709. The summed E-state index contributed by atoms with van der Waals surface area (Å²) in [5.74, 6) is -0.422. The molecule has 3 rings (SSSR count). The highest BCUT2D eigenvalue weighted by Gasteiger charge is 2.39. The number of rotatable bonds is 7. The number of hydrogen-bond donors (Lipinski definition) is 1. The first-order valence-corrected chi connectivity index (χ1v) is 9.84. The molecule has 29 heavy (non-hydrogen) atoms. The van der Waals surface area contributed by atoms with Crippen molar-refractivity contribution >= 4 is 22.8 Å². The lowest BCUT2D eigenvalue weighted by Gasteiger charge is -2.33. The largest absolute Gasteiger partial charge is 0.437 e. The van der Waals surface area contributed by atoms with Gasteiger partial charge in [0.05, 0.1) is 11.0 Å². The Morgan fingerprint density at radius 1 is 1.21 bits per heavy atom. The van der Waals surface area contributed by atoms with Crippen molar-refractivity contribution in [3.05, 3.63) is 30.0 Å². The third-order valence-electron chi connectivity index (χ3n) is 4.95. The Morgan fingerprint density at radius 2 is 1.86 bits per heavy atom. The lowest BCUT2D eigenvalue weighted by Crippen LogP contribution is -2.42. The molecule has 1 aromatic carbocycles. The summed E-state index contributed by atoms with van der Waals surface area (Å²) in [5, 5.41) is 2.88. The predicted molar refractivity (Wildman–Crippen MR) is 104 cm³/mol. The van der Waals surface area contributed by atoms with Gasteiger partial charge in [0, 0.05) is 38.8 Å². The summed E-state index contributed by atoms with van der Waals surface area (Å²) in [6, 6.07) is 6.52. The number of halogens is 3. The minimum Gasteiger partial charge on any atom is -0.382 e. The number of hydrogen-bond acceptors (Lipinski definition) is 5. The maximum atomic E-state index is 13.6. The number of piperidine rings is 1. The molecule has 9 heteroatoms. The van der Waals surface area contributed by atoms with E-state index in [0.29, 0.717) is 51.2 Å². The van der Waals surface area contributed by atoms with E-state index in [1.54, 1.807) is 23.1 Å². The molecule has 0 spiro atoms. The molecule has 0 atom stereocenters. The van der Waals surface area contributed by atoms with E-state index >= 15 is 0 Å². The van der Waals surface area contributed by atoms with Crippen molar-refractivity contribution in [1.29, 1.82) is 0 Å². The minimum atomic E-state index is -4.60. The van der Waals surface area contributed by atoms with E-state index in [-0.39, 0.29) is 23.2 Å². The molecule has 2 heterocycles. The fourth-order valence-corrected chi connectivity index (χ4v) is 3.43. The topological polar surface area (TPSA) is 67.3 Å². The van der Waals surface area contributed by atoms with Crippen molar-refractivity contribution in [1.82, 2.24) is 15.3 Å². The maximum Gasteiger partial charge on any atom is 0.437 e. The Bertz CT molecular complexity index is 836. The van der Waals surface area contributed by atoms with Gasteiger partial charge in [-0.15, -0.1) is 0 Å². The first kappa shape index (κ1) is 21.3. The fourth-order valence-electron chi connectivity index (χ4n) is 3.43. The number of amides is 1. The van der Waals surface area contributed by atoms with Crippen molar-refractivity contribution in [2.45, 2.75) is 32.4 Å². The first-order valence-electron chi connectivity index (χ1n) is 9.84. The van der Waals surface area contributed by atoms with Crippen LogP contribution in [0.5, 0.6) is 0 Å². The molecule has 1 saturated heterocycles. The van der Waals surface area contributed by atoms with Crippen LogP contribution in [0.15, 0.2) is 24.3 Å². The Kier molecular flexibility index (Phi) is 6.89. The molecule has 158 valence electrons. The second kappa shape index (κ2) is 9.39. The van der Waals surface area contributed by atoms with Gasteiger partial charge in [-0.2, -0.15) is 13.2 Å². The Hall–Kier alpha value is -2.42. The predicted octanol–water partition coefficient (Wildman–Crippen LogP) is 3.41. The number of anilines is 1. The molecule has 0 aliphatic carbocycles. The molecule has 0 bridgehead atoms. The van der Waals surface area contributed by atoms with Crippen LogP contribution in [0.2, 0.25) is 0 Å². The zero-order chi connectivity index (χ0) is 20.9. The zero-order valence-electron chi connectivity index (χ0n) is 16.3. The Morgan fingerprint density at radius 3 is 2.48 bits per heavy atom. The van der Waals surface area contributed by atoms with Gasteiger partial charge in [0.25, 0.3) is 0 Å². The molecule has 1 N–H and O–H groups in total. The Balaban J connectivity index is 1.66. The summed E-state index contributed by atoms with van der Waals surface area (Å²) < 4.78 is 45.9. The summed E-state index contributed by atoms with van der Waals surface area (Å²) >= 11 is 0. The SMILES string of the molecule is CCOCCCNC(=O)C1CCN(c2nc3ccccc3nc2C(F)(F)F)CC1. The van der Waals surface area contributed by atoms with Gasteiger partial charge in [-0.1, -0.05) is 12.1 Å². The van der Waals surface area contributed by atoms with E-state index < -0.39 is 11.9 Å². The van der Waals surface area contributed by atoms with Crippen LogP contribution in [0.3, 0.4) is 0 Å². The number of aromatic nitrogens is 2. The molecule has 0 unspecified atom stereocenters. The van der Waals surface area contributed by atoms with Gasteiger partial charge in [0.2, 0.25) is 5.91 Å². The second-order valence-corrected chi connectivity index (χ2v) is 6.99. The standard InChI is InChI=1S/C20H25F3N4O2/c1-2-29-13-5-10-24-19(28)14-8-11-27(12-9-14)18-17(20(21,22)23)25-15-6-3-4-7-16(15)26-18/h3-4,6-7,14H,2,5,8-13H2,1H3,(H,24,28). The summed E-state index contributed by atoms with van der Waals surface area (Å²) in [6.45, 7) is 4.34. The zero-order valence-corrected chi connectivity index (χ0v) is 16.3. The number of carbonyl (C=O) groups excluding carboxylic acids is 1. The number of fused-ring (bicyclic) bond motifs is 1. The van der Waals surface area contributed by atoms with Crippen molar-refractivity contribution in [2.75, 3.05) is 37.7 Å². The molecule has 2 aromatic rings. The smallest absolute Gasteiger partial charge is 0.382 e. The Labute approximate surface area is 167 Å². The van der Waals surface area contributed by atoms with E-state index in [1.807, 2.05) is 6.92 Å². The monoisotopic (exact) mass is 410 g/mol. The molecule has 1 amide bonds. The lowest BCUT2D eigenvalue weighted by atomic mass is 9.95. The number of nitrogens with zero attached hydrogens (tertiary/aromatic N) is 3. The number of alkyl halides is 3. The molecule has 0 saturated carbocycles. The van der Waals surface area contributed by atoms with E-state index in [9.17, 15) is 18.0 Å². The van der Waals surface area contributed by atoms with Crippen molar-refractivity contribution in [3.8, 4) is 0 Å². The van der Waals surface area contributed by atoms with Crippen LogP contribution >= 0.6 is 0 Å². The average molecular weight is 410 g/mol. The van der Waals surface area contributed by atoms with Gasteiger partial charge in [-0.25, -0.2) is 9.97 Å². The van der Waals surface area contributed by atoms with Gasteiger partial charge in [-0.05, 0) is 38.3 Å². The van der Waals surface area contributed by atoms with Crippen LogP contribution in [0, 0.1) is 5.92 Å². The number of nitrogens with one attached hydrogen (secondary N) is 1. The normalized spacial score (nSPS) is 15.7. The van der Waals surface area contributed by atoms with Crippen molar-refractivity contribution < 1.29 is 22.7 Å². The van der Waals surface area contributed by atoms with Crippen LogP contribution in [0.25, 0.3) is 11.0 Å². The number of para-hydroxylation sites is 2. The summed E-state index contributed by atoms with van der Waals surface area (Å²) in [5.41, 5.74) is -0.343. The summed E-state index contributed by atoms with van der Waals surface area (Å²) in [7, 11) is 0. The van der Waals surface area contributed by atoms with E-state index in [2.05, 4.69) is 15.3 Å². The highest BCUT2D eigenvalue weighted by molar-refractivity contribution is 5.79. The van der Waals surface area contributed by atoms with Crippen LogP contribution < -0.4 is 10.2 Å². The highest BCUT2D eigenvalue weighted by atomic mass is 19.4. The van der Waals surface area contributed by atoms with Crippen LogP contribution in [0.1, 0.15) is 31.9 Å². The summed E-state index contributed by atoms with van der Waals surface area (Å²) in [4.78, 5) is 21.9. The molecule has 1 fully saturated rings. The lowest BCUT2D eigenvalue weighted by molar-refractivity contribution is -0.140. The summed E-state index contributed by atoms with van der Waals surface area (Å²) in [6.07, 6.45) is -2.91.